The molecule has 2 rings (SSSR count). The lowest BCUT2D eigenvalue weighted by molar-refractivity contribution is 0.0783. The van der Waals surface area contributed by atoms with Crippen LogP contribution in [0, 0.1) is 6.92 Å². The van der Waals surface area contributed by atoms with Gasteiger partial charge >= 0.3 is 0 Å². The highest BCUT2D eigenvalue weighted by atomic mass is 35.5. The monoisotopic (exact) mass is 309 g/mol. The van der Waals surface area contributed by atoms with Crippen molar-refractivity contribution in [3.8, 4) is 0 Å². The molecule has 20 heavy (non-hydrogen) atoms. The molecule has 2 heterocycles. The van der Waals surface area contributed by atoms with Crippen molar-refractivity contribution in [3.05, 3.63) is 57.6 Å². The van der Waals surface area contributed by atoms with Gasteiger partial charge < -0.3 is 4.90 Å². The molecule has 0 saturated heterocycles. The first kappa shape index (κ1) is 14.8. The van der Waals surface area contributed by atoms with E-state index < -0.39 is 0 Å². The summed E-state index contributed by atoms with van der Waals surface area (Å²) in [4.78, 5) is 22.1. The van der Waals surface area contributed by atoms with Gasteiger partial charge in [0.2, 0.25) is 0 Å². The maximum Gasteiger partial charge on any atom is 0.255 e. The van der Waals surface area contributed by atoms with Crippen molar-refractivity contribution in [2.75, 3.05) is 7.05 Å². The van der Waals surface area contributed by atoms with Gasteiger partial charge in [0.1, 0.15) is 5.15 Å². The minimum Gasteiger partial charge on any atom is -0.336 e. The second-order valence-corrected chi connectivity index (χ2v) is 5.19. The van der Waals surface area contributed by atoms with E-state index in [4.69, 9.17) is 23.2 Å². The molecule has 104 valence electrons. The van der Waals surface area contributed by atoms with Crippen LogP contribution in [0.25, 0.3) is 0 Å². The van der Waals surface area contributed by atoms with Gasteiger partial charge in [0.15, 0.2) is 0 Å². The van der Waals surface area contributed by atoms with Gasteiger partial charge in [-0.2, -0.15) is 0 Å². The van der Waals surface area contributed by atoms with Crippen LogP contribution < -0.4 is 0 Å². The Hall–Kier alpha value is -1.65. The van der Waals surface area contributed by atoms with Gasteiger partial charge in [-0.15, -0.1) is 0 Å². The van der Waals surface area contributed by atoms with Crippen LogP contribution in [-0.2, 0) is 6.54 Å². The van der Waals surface area contributed by atoms with Gasteiger partial charge in [0.05, 0.1) is 22.8 Å². The van der Waals surface area contributed by atoms with Gasteiger partial charge in [-0.1, -0.05) is 29.3 Å². The molecule has 4 nitrogen and oxygen atoms in total. The number of carbonyl (C=O) groups excluding carboxylic acids is 1. The smallest absolute Gasteiger partial charge is 0.255 e. The topological polar surface area (TPSA) is 46.1 Å². The Morgan fingerprint density at radius 2 is 2.10 bits per heavy atom. The number of aryl methyl sites for hydroxylation is 1. The summed E-state index contributed by atoms with van der Waals surface area (Å²) in [5, 5.41) is 0.450. The number of aromatic nitrogens is 2. The predicted octanol–water partition coefficient (Wildman–Crippen LogP) is 3.36. The number of amides is 1. The van der Waals surface area contributed by atoms with Crippen LogP contribution in [0.5, 0.6) is 0 Å². The van der Waals surface area contributed by atoms with Crippen LogP contribution in [0.2, 0.25) is 10.2 Å². The Labute approximate surface area is 127 Å². The van der Waals surface area contributed by atoms with Crippen LogP contribution >= 0.6 is 23.2 Å². The minimum atomic E-state index is -0.181. The zero-order valence-corrected chi connectivity index (χ0v) is 12.6. The van der Waals surface area contributed by atoms with Crippen LogP contribution in [-0.4, -0.2) is 27.8 Å². The third kappa shape index (κ3) is 3.46. The summed E-state index contributed by atoms with van der Waals surface area (Å²) in [5.74, 6) is -0.181. The van der Waals surface area contributed by atoms with Crippen molar-refractivity contribution in [2.24, 2.45) is 0 Å². The Kier molecular flexibility index (Phi) is 4.57. The maximum absolute atomic E-state index is 12.3. The van der Waals surface area contributed by atoms with E-state index in [9.17, 15) is 4.79 Å². The zero-order chi connectivity index (χ0) is 14.7. The van der Waals surface area contributed by atoms with Crippen molar-refractivity contribution in [2.45, 2.75) is 13.5 Å². The molecule has 0 saturated carbocycles. The Bertz CT molecular complexity index is 646. The maximum atomic E-state index is 12.3. The van der Waals surface area contributed by atoms with E-state index >= 15 is 0 Å². The van der Waals surface area contributed by atoms with E-state index in [1.165, 1.54) is 12.3 Å². The number of rotatable bonds is 3. The molecule has 0 bridgehead atoms. The van der Waals surface area contributed by atoms with E-state index in [1.807, 2.05) is 25.1 Å². The van der Waals surface area contributed by atoms with E-state index in [1.54, 1.807) is 11.9 Å². The number of halogens is 2. The number of hydrogen-bond donors (Lipinski definition) is 0. The van der Waals surface area contributed by atoms with Gasteiger partial charge in [0, 0.05) is 18.9 Å². The van der Waals surface area contributed by atoms with Crippen LogP contribution in [0.4, 0.5) is 0 Å². The molecular formula is C14H13Cl2N3O. The van der Waals surface area contributed by atoms with E-state index in [0.29, 0.717) is 12.1 Å². The first-order chi connectivity index (χ1) is 9.47. The standard InChI is InChI=1S/C14H13Cl2N3O/c1-9-4-3-5-11(18-9)8-19(2)14(20)10-6-12(15)13(16)17-7-10/h3-7H,8H2,1-2H3. The Balaban J connectivity index is 2.14. The highest BCUT2D eigenvalue weighted by Gasteiger charge is 2.14. The minimum absolute atomic E-state index is 0.181. The third-order valence-electron chi connectivity index (χ3n) is 2.74. The number of hydrogen-bond acceptors (Lipinski definition) is 3. The lowest BCUT2D eigenvalue weighted by Gasteiger charge is -2.17. The van der Waals surface area contributed by atoms with Gasteiger partial charge in [-0.3, -0.25) is 9.78 Å². The largest absolute Gasteiger partial charge is 0.336 e. The van der Waals surface area contributed by atoms with Crippen molar-refractivity contribution in [3.63, 3.8) is 0 Å². The quantitative estimate of drug-likeness (QED) is 0.817. The highest BCUT2D eigenvalue weighted by Crippen LogP contribution is 2.20. The summed E-state index contributed by atoms with van der Waals surface area (Å²) in [6, 6.07) is 7.22. The fourth-order valence-electron chi connectivity index (χ4n) is 1.76. The van der Waals surface area contributed by atoms with E-state index in [-0.39, 0.29) is 16.1 Å². The zero-order valence-electron chi connectivity index (χ0n) is 11.1. The molecule has 0 atom stereocenters. The van der Waals surface area contributed by atoms with Crippen LogP contribution in [0.15, 0.2) is 30.5 Å². The summed E-state index contributed by atoms with van der Waals surface area (Å²) in [5.41, 5.74) is 2.14. The fourth-order valence-corrected chi connectivity index (χ4v) is 2.03. The van der Waals surface area contributed by atoms with E-state index in [2.05, 4.69) is 9.97 Å². The summed E-state index contributed by atoms with van der Waals surface area (Å²) in [6.45, 7) is 2.33. The van der Waals surface area contributed by atoms with Crippen LogP contribution in [0.3, 0.4) is 0 Å². The Morgan fingerprint density at radius 1 is 1.35 bits per heavy atom. The van der Waals surface area contributed by atoms with Gasteiger partial charge in [-0.05, 0) is 25.1 Å². The third-order valence-corrected chi connectivity index (χ3v) is 3.42. The number of carbonyl (C=O) groups is 1. The molecule has 0 aliphatic heterocycles. The average molecular weight is 310 g/mol. The molecule has 0 N–H and O–H groups in total. The molecule has 0 aliphatic carbocycles. The molecule has 0 unspecified atom stereocenters. The molecule has 2 aromatic rings. The Morgan fingerprint density at radius 3 is 2.75 bits per heavy atom. The first-order valence-corrected chi connectivity index (χ1v) is 6.72. The van der Waals surface area contributed by atoms with E-state index in [0.717, 1.165) is 11.4 Å². The molecule has 6 heteroatoms. The fraction of sp³-hybridized carbons (Fsp3) is 0.214. The molecule has 0 fully saturated rings. The van der Waals surface area contributed by atoms with Crippen molar-refractivity contribution >= 4 is 29.1 Å². The molecule has 0 aromatic carbocycles. The molecule has 2 aromatic heterocycles. The SMILES string of the molecule is Cc1cccc(CN(C)C(=O)c2cnc(Cl)c(Cl)c2)n1. The summed E-state index contributed by atoms with van der Waals surface area (Å²) in [6.07, 6.45) is 1.41. The molecular weight excluding hydrogens is 297 g/mol. The molecule has 0 radical (unpaired) electrons. The first-order valence-electron chi connectivity index (χ1n) is 5.96. The second-order valence-electron chi connectivity index (χ2n) is 4.43. The second kappa shape index (κ2) is 6.20. The summed E-state index contributed by atoms with van der Waals surface area (Å²) in [7, 11) is 1.70. The lowest BCUT2D eigenvalue weighted by atomic mass is 10.2. The van der Waals surface area contributed by atoms with Crippen molar-refractivity contribution < 1.29 is 4.79 Å². The van der Waals surface area contributed by atoms with Crippen LogP contribution in [0.1, 0.15) is 21.7 Å². The normalized spacial score (nSPS) is 10.4. The lowest BCUT2D eigenvalue weighted by Crippen LogP contribution is -2.26. The summed E-state index contributed by atoms with van der Waals surface area (Å²) < 4.78 is 0. The summed E-state index contributed by atoms with van der Waals surface area (Å²) >= 11 is 11.6. The van der Waals surface area contributed by atoms with Crippen molar-refractivity contribution in [1.82, 2.24) is 14.9 Å². The van der Waals surface area contributed by atoms with Gasteiger partial charge in [0.25, 0.3) is 5.91 Å². The number of nitrogens with zero attached hydrogens (tertiary/aromatic N) is 3. The molecule has 0 aliphatic rings. The number of pyridine rings is 2. The predicted molar refractivity (Wildman–Crippen MR) is 79.0 cm³/mol. The highest BCUT2D eigenvalue weighted by molar-refractivity contribution is 6.41. The average Bonchev–Trinajstić information content (AvgIpc) is 2.41. The molecule has 0 spiro atoms. The van der Waals surface area contributed by atoms with Crippen molar-refractivity contribution in [1.29, 1.82) is 0 Å². The van der Waals surface area contributed by atoms with Gasteiger partial charge in [-0.25, -0.2) is 4.98 Å². The molecule has 1 amide bonds.